The number of aliphatic hydroxyl groups is 1. The molecule has 1 aliphatic carbocycles. The van der Waals surface area contributed by atoms with Gasteiger partial charge in [0.05, 0.1) is 0 Å². The fraction of sp³-hybridized carbons (Fsp3) is 0.615. The number of aryl methyl sites for hydroxylation is 1. The van der Waals surface area contributed by atoms with E-state index in [0.29, 0.717) is 6.54 Å². The summed E-state index contributed by atoms with van der Waals surface area (Å²) in [4.78, 5) is 11.2. The van der Waals surface area contributed by atoms with Crippen molar-refractivity contribution in [3.8, 4) is 0 Å². The molecular formula is C13H21N3O4S. The molecule has 7 nitrogen and oxygen atoms in total. The van der Waals surface area contributed by atoms with Crippen LogP contribution in [0.3, 0.4) is 0 Å². The van der Waals surface area contributed by atoms with E-state index in [2.05, 4.69) is 4.72 Å². The summed E-state index contributed by atoms with van der Waals surface area (Å²) in [5.41, 5.74) is 5.32. The zero-order chi connectivity index (χ0) is 15.6. The summed E-state index contributed by atoms with van der Waals surface area (Å²) in [7, 11) is -2.11. The number of nitrogens with two attached hydrogens (primary N) is 1. The van der Waals surface area contributed by atoms with Crippen molar-refractivity contribution >= 4 is 15.9 Å². The van der Waals surface area contributed by atoms with E-state index >= 15 is 0 Å². The van der Waals surface area contributed by atoms with Crippen molar-refractivity contribution < 1.29 is 18.3 Å². The van der Waals surface area contributed by atoms with Crippen molar-refractivity contribution in [2.24, 2.45) is 24.6 Å². The summed E-state index contributed by atoms with van der Waals surface area (Å²) >= 11 is 0. The second kappa shape index (κ2) is 6.17. The smallest absolute Gasteiger partial charge is 0.265 e. The molecule has 1 fully saturated rings. The van der Waals surface area contributed by atoms with E-state index < -0.39 is 15.9 Å². The molecule has 1 saturated carbocycles. The standard InChI is InChI=1S/C13H21N3O4S/c1-16-7-11(5-12(16)13(14)18)21(19,20)15-6-9-3-2-4-10(9)8-17/h5,7,9-10,15,17H,2-4,6,8H2,1H3,(H2,14,18). The van der Waals surface area contributed by atoms with Gasteiger partial charge in [0, 0.05) is 26.4 Å². The molecule has 0 bridgehead atoms. The Hall–Kier alpha value is -1.38. The molecule has 8 heteroatoms. The van der Waals surface area contributed by atoms with Gasteiger partial charge >= 0.3 is 0 Å². The number of primary amides is 1. The Kier molecular flexibility index (Phi) is 4.70. The minimum Gasteiger partial charge on any atom is -0.396 e. The van der Waals surface area contributed by atoms with Crippen LogP contribution in [-0.4, -0.2) is 37.2 Å². The maximum atomic E-state index is 12.2. The summed E-state index contributed by atoms with van der Waals surface area (Å²) in [6.07, 6.45) is 4.21. The Balaban J connectivity index is 2.08. The molecule has 4 N–H and O–H groups in total. The van der Waals surface area contributed by atoms with Crippen LogP contribution in [0, 0.1) is 11.8 Å². The van der Waals surface area contributed by atoms with Crippen LogP contribution in [0.4, 0.5) is 0 Å². The molecule has 1 aliphatic rings. The van der Waals surface area contributed by atoms with E-state index in [1.165, 1.54) is 16.8 Å². The van der Waals surface area contributed by atoms with E-state index in [4.69, 9.17) is 5.73 Å². The molecule has 0 radical (unpaired) electrons. The number of nitrogens with zero attached hydrogens (tertiary/aromatic N) is 1. The lowest BCUT2D eigenvalue weighted by Crippen LogP contribution is -2.31. The average molecular weight is 315 g/mol. The maximum absolute atomic E-state index is 12.2. The van der Waals surface area contributed by atoms with Gasteiger partial charge in [0.15, 0.2) is 0 Å². The number of sulfonamides is 1. The van der Waals surface area contributed by atoms with Crippen LogP contribution in [0.15, 0.2) is 17.2 Å². The third-order valence-electron chi connectivity index (χ3n) is 4.13. The monoisotopic (exact) mass is 315 g/mol. The fourth-order valence-electron chi connectivity index (χ4n) is 2.85. The van der Waals surface area contributed by atoms with Gasteiger partial charge in [-0.1, -0.05) is 6.42 Å². The minimum atomic E-state index is -3.67. The highest BCUT2D eigenvalue weighted by molar-refractivity contribution is 7.89. The van der Waals surface area contributed by atoms with E-state index in [0.717, 1.165) is 19.3 Å². The second-order valence-corrected chi connectivity index (χ2v) is 7.29. The van der Waals surface area contributed by atoms with Crippen LogP contribution in [0.25, 0.3) is 0 Å². The maximum Gasteiger partial charge on any atom is 0.265 e. The van der Waals surface area contributed by atoms with Gasteiger partial charge in [-0.15, -0.1) is 0 Å². The third kappa shape index (κ3) is 3.45. The second-order valence-electron chi connectivity index (χ2n) is 5.52. The van der Waals surface area contributed by atoms with Crippen LogP contribution in [0.5, 0.6) is 0 Å². The minimum absolute atomic E-state index is 0.0253. The molecule has 1 amide bonds. The number of hydrogen-bond donors (Lipinski definition) is 3. The number of nitrogens with one attached hydrogen (secondary N) is 1. The molecule has 2 unspecified atom stereocenters. The number of carbonyl (C=O) groups excluding carboxylic acids is 1. The van der Waals surface area contributed by atoms with Crippen LogP contribution in [0.1, 0.15) is 29.8 Å². The zero-order valence-electron chi connectivity index (χ0n) is 11.9. The molecule has 1 aromatic heterocycles. The van der Waals surface area contributed by atoms with Gasteiger partial charge in [-0.2, -0.15) is 0 Å². The lowest BCUT2D eigenvalue weighted by molar-refractivity contribution is 0.0992. The van der Waals surface area contributed by atoms with Crippen molar-refractivity contribution in [1.82, 2.24) is 9.29 Å². The number of aromatic nitrogens is 1. The molecule has 2 rings (SSSR count). The molecule has 0 saturated heterocycles. The first kappa shape index (κ1) is 16.0. The van der Waals surface area contributed by atoms with Gasteiger partial charge in [0.1, 0.15) is 10.6 Å². The highest BCUT2D eigenvalue weighted by Gasteiger charge is 2.28. The van der Waals surface area contributed by atoms with Gasteiger partial charge < -0.3 is 15.4 Å². The van der Waals surface area contributed by atoms with Crippen molar-refractivity contribution in [2.75, 3.05) is 13.2 Å². The number of aliphatic hydroxyl groups excluding tert-OH is 1. The van der Waals surface area contributed by atoms with E-state index in [9.17, 15) is 18.3 Å². The Morgan fingerprint density at radius 1 is 1.48 bits per heavy atom. The van der Waals surface area contributed by atoms with E-state index in [1.807, 2.05) is 0 Å². The Bertz CT molecular complexity index is 623. The summed E-state index contributed by atoms with van der Waals surface area (Å²) < 4.78 is 28.4. The van der Waals surface area contributed by atoms with E-state index in [1.54, 1.807) is 7.05 Å². The molecule has 1 aromatic rings. The molecule has 2 atom stereocenters. The van der Waals surface area contributed by atoms with Gasteiger partial charge in [-0.3, -0.25) is 4.79 Å². The summed E-state index contributed by atoms with van der Waals surface area (Å²) in [5.74, 6) is -0.358. The average Bonchev–Trinajstić information content (AvgIpc) is 3.02. The van der Waals surface area contributed by atoms with Crippen LogP contribution in [-0.2, 0) is 17.1 Å². The van der Waals surface area contributed by atoms with Gasteiger partial charge in [-0.05, 0) is 30.7 Å². The number of hydrogen-bond acceptors (Lipinski definition) is 4. The SMILES string of the molecule is Cn1cc(S(=O)(=O)NCC2CCCC2CO)cc1C(N)=O. The van der Waals surface area contributed by atoms with Crippen LogP contribution >= 0.6 is 0 Å². The molecule has 0 aromatic carbocycles. The largest absolute Gasteiger partial charge is 0.396 e. The van der Waals surface area contributed by atoms with Crippen molar-refractivity contribution in [1.29, 1.82) is 0 Å². The normalized spacial score (nSPS) is 22.6. The lowest BCUT2D eigenvalue weighted by atomic mass is 9.97. The van der Waals surface area contributed by atoms with Gasteiger partial charge in [0.2, 0.25) is 10.0 Å². The molecular weight excluding hydrogens is 294 g/mol. The van der Waals surface area contributed by atoms with Crippen molar-refractivity contribution in [3.05, 3.63) is 18.0 Å². The fourth-order valence-corrected chi connectivity index (χ4v) is 4.01. The number of carbonyl (C=O) groups is 1. The predicted molar refractivity (Wildman–Crippen MR) is 77.0 cm³/mol. The highest BCUT2D eigenvalue weighted by Crippen LogP contribution is 2.31. The van der Waals surface area contributed by atoms with Crippen LogP contribution in [0.2, 0.25) is 0 Å². The molecule has 0 aliphatic heterocycles. The molecule has 1 heterocycles. The predicted octanol–water partition coefficient (Wildman–Crippen LogP) is -0.189. The Morgan fingerprint density at radius 2 is 2.14 bits per heavy atom. The molecule has 0 spiro atoms. The lowest BCUT2D eigenvalue weighted by Gasteiger charge is -2.17. The summed E-state index contributed by atoms with van der Waals surface area (Å²) in [6.45, 7) is 0.387. The molecule has 118 valence electrons. The van der Waals surface area contributed by atoms with Crippen LogP contribution < -0.4 is 10.5 Å². The zero-order valence-corrected chi connectivity index (χ0v) is 12.8. The number of amides is 1. The van der Waals surface area contributed by atoms with Gasteiger partial charge in [0.25, 0.3) is 5.91 Å². The Labute approximate surface area is 124 Å². The van der Waals surface area contributed by atoms with Gasteiger partial charge in [-0.25, -0.2) is 13.1 Å². The quantitative estimate of drug-likeness (QED) is 0.675. The first-order valence-electron chi connectivity index (χ1n) is 6.92. The van der Waals surface area contributed by atoms with Crippen molar-refractivity contribution in [2.45, 2.75) is 24.2 Å². The topological polar surface area (TPSA) is 114 Å². The van der Waals surface area contributed by atoms with E-state index in [-0.39, 0.29) is 29.0 Å². The Morgan fingerprint density at radius 3 is 2.71 bits per heavy atom. The first-order chi connectivity index (χ1) is 9.85. The summed E-state index contributed by atoms with van der Waals surface area (Å²) in [6, 6.07) is 1.27. The van der Waals surface area contributed by atoms with Crippen molar-refractivity contribution in [3.63, 3.8) is 0 Å². The first-order valence-corrected chi connectivity index (χ1v) is 8.40. The third-order valence-corrected chi connectivity index (χ3v) is 5.52. The number of rotatable bonds is 6. The summed E-state index contributed by atoms with van der Waals surface area (Å²) in [5, 5.41) is 9.25. The molecule has 21 heavy (non-hydrogen) atoms. The highest BCUT2D eigenvalue weighted by atomic mass is 32.2.